The van der Waals surface area contributed by atoms with Crippen LogP contribution in [0.4, 0.5) is 0 Å². The topological polar surface area (TPSA) is 51.5 Å². The smallest absolute Gasteiger partial charge is 0.338 e. The molecule has 0 unspecified atom stereocenters. The third-order valence-electron chi connectivity index (χ3n) is 4.34. The van der Waals surface area contributed by atoms with E-state index in [1.54, 1.807) is 35.8 Å². The Morgan fingerprint density at radius 1 is 1.00 bits per heavy atom. The van der Waals surface area contributed by atoms with Gasteiger partial charge in [-0.1, -0.05) is 12.1 Å². The number of amides is 1. The summed E-state index contributed by atoms with van der Waals surface area (Å²) >= 11 is 1.67. The molecule has 28 heavy (non-hydrogen) atoms. The van der Waals surface area contributed by atoms with E-state index in [0.29, 0.717) is 12.1 Å². The summed E-state index contributed by atoms with van der Waals surface area (Å²) in [5.41, 5.74) is 2.39. The summed E-state index contributed by atoms with van der Waals surface area (Å²) in [6.07, 6.45) is 5.87. The van der Waals surface area contributed by atoms with Gasteiger partial charge in [0, 0.05) is 36.6 Å². The lowest BCUT2D eigenvalue weighted by Gasteiger charge is -2.17. The third kappa shape index (κ3) is 5.04. The van der Waals surface area contributed by atoms with Crippen molar-refractivity contribution in [1.29, 1.82) is 0 Å². The highest BCUT2D eigenvalue weighted by Crippen LogP contribution is 2.16. The Morgan fingerprint density at radius 2 is 1.64 bits per heavy atom. The Hall–Kier alpha value is -2.99. The van der Waals surface area contributed by atoms with E-state index >= 15 is 0 Å². The van der Waals surface area contributed by atoms with Crippen molar-refractivity contribution in [3.63, 3.8) is 0 Å². The summed E-state index contributed by atoms with van der Waals surface area (Å²) in [6.45, 7) is 0.189. The molecule has 0 aliphatic rings. The molecule has 0 saturated heterocycles. The van der Waals surface area contributed by atoms with E-state index in [4.69, 9.17) is 4.74 Å². The van der Waals surface area contributed by atoms with Gasteiger partial charge in [-0.25, -0.2) is 4.79 Å². The Kier molecular flexibility index (Phi) is 6.55. The van der Waals surface area contributed by atoms with Crippen LogP contribution in [0.25, 0.3) is 5.69 Å². The van der Waals surface area contributed by atoms with Crippen LogP contribution in [0.5, 0.6) is 0 Å². The fourth-order valence-electron chi connectivity index (χ4n) is 2.69. The zero-order chi connectivity index (χ0) is 19.9. The Labute approximate surface area is 168 Å². The summed E-state index contributed by atoms with van der Waals surface area (Å²) in [6, 6.07) is 19.0. The summed E-state index contributed by atoms with van der Waals surface area (Å²) in [5.74, 6) is -0.753. The highest BCUT2D eigenvalue weighted by Gasteiger charge is 2.14. The van der Waals surface area contributed by atoms with E-state index in [2.05, 4.69) is 0 Å². The Balaban J connectivity index is 1.50. The monoisotopic (exact) mass is 394 g/mol. The predicted molar refractivity (Wildman–Crippen MR) is 111 cm³/mol. The molecule has 144 valence electrons. The van der Waals surface area contributed by atoms with Crippen molar-refractivity contribution in [1.82, 2.24) is 9.47 Å². The van der Waals surface area contributed by atoms with E-state index < -0.39 is 5.97 Å². The molecule has 0 aliphatic heterocycles. The van der Waals surface area contributed by atoms with Gasteiger partial charge in [0.2, 0.25) is 0 Å². The minimum Gasteiger partial charge on any atom is -0.452 e. The number of likely N-dealkylation sites (N-methyl/N-ethyl adjacent to an activating group) is 1. The van der Waals surface area contributed by atoms with E-state index in [-0.39, 0.29) is 12.5 Å². The van der Waals surface area contributed by atoms with Gasteiger partial charge in [-0.3, -0.25) is 4.79 Å². The first kappa shape index (κ1) is 19.8. The molecule has 0 fully saturated rings. The van der Waals surface area contributed by atoms with E-state index in [1.807, 2.05) is 71.7 Å². The van der Waals surface area contributed by atoms with Crippen LogP contribution >= 0.6 is 11.8 Å². The van der Waals surface area contributed by atoms with E-state index in [9.17, 15) is 9.59 Å². The van der Waals surface area contributed by atoms with Crippen molar-refractivity contribution in [3.05, 3.63) is 84.2 Å². The Bertz CT molecular complexity index is 919. The molecular formula is C22H22N2O3S. The zero-order valence-electron chi connectivity index (χ0n) is 15.9. The molecule has 1 heterocycles. The number of hydrogen-bond donors (Lipinski definition) is 0. The molecule has 2 aromatic carbocycles. The molecule has 1 aromatic heterocycles. The summed E-state index contributed by atoms with van der Waals surface area (Å²) < 4.78 is 7.12. The second-order valence-corrected chi connectivity index (χ2v) is 7.19. The molecule has 0 N–H and O–H groups in total. The molecule has 0 atom stereocenters. The SMILES string of the molecule is CSc1ccc(CN(C)C(=O)COC(=O)c2ccc(-n3cccc3)cc2)cc1. The first-order chi connectivity index (χ1) is 13.6. The van der Waals surface area contributed by atoms with Crippen molar-refractivity contribution in [2.24, 2.45) is 0 Å². The van der Waals surface area contributed by atoms with Gasteiger partial charge in [0.15, 0.2) is 6.61 Å². The number of carbonyl (C=O) groups excluding carboxylic acids is 2. The number of ether oxygens (including phenoxy) is 1. The average molecular weight is 394 g/mol. The van der Waals surface area contributed by atoms with Gasteiger partial charge < -0.3 is 14.2 Å². The van der Waals surface area contributed by atoms with Crippen LogP contribution in [0.1, 0.15) is 15.9 Å². The number of carbonyl (C=O) groups is 2. The molecule has 6 heteroatoms. The van der Waals surface area contributed by atoms with Crippen molar-refractivity contribution < 1.29 is 14.3 Å². The molecule has 3 aromatic rings. The molecule has 0 radical (unpaired) electrons. The second-order valence-electron chi connectivity index (χ2n) is 6.31. The second kappa shape index (κ2) is 9.28. The molecule has 0 bridgehead atoms. The number of rotatable bonds is 7. The molecule has 3 rings (SSSR count). The van der Waals surface area contributed by atoms with E-state index in [0.717, 1.165) is 11.3 Å². The van der Waals surface area contributed by atoms with Crippen LogP contribution in [0.15, 0.2) is 78.0 Å². The quantitative estimate of drug-likeness (QED) is 0.449. The maximum atomic E-state index is 12.3. The van der Waals surface area contributed by atoms with Crippen molar-refractivity contribution >= 4 is 23.6 Å². The largest absolute Gasteiger partial charge is 0.452 e. The first-order valence-electron chi connectivity index (χ1n) is 8.84. The van der Waals surface area contributed by atoms with Crippen LogP contribution in [-0.4, -0.2) is 41.3 Å². The van der Waals surface area contributed by atoms with Crippen molar-refractivity contribution in [3.8, 4) is 5.69 Å². The zero-order valence-corrected chi connectivity index (χ0v) is 16.7. The van der Waals surface area contributed by atoms with Crippen LogP contribution in [0.3, 0.4) is 0 Å². The molecular weight excluding hydrogens is 372 g/mol. The number of benzene rings is 2. The highest BCUT2D eigenvalue weighted by atomic mass is 32.2. The molecule has 0 spiro atoms. The first-order valence-corrected chi connectivity index (χ1v) is 10.1. The van der Waals surface area contributed by atoms with Crippen LogP contribution in [0.2, 0.25) is 0 Å². The normalized spacial score (nSPS) is 10.5. The lowest BCUT2D eigenvalue weighted by Crippen LogP contribution is -2.30. The van der Waals surface area contributed by atoms with Gasteiger partial charge in [-0.2, -0.15) is 0 Å². The maximum absolute atomic E-state index is 12.3. The fourth-order valence-corrected chi connectivity index (χ4v) is 3.10. The minimum absolute atomic E-state index is 0.244. The minimum atomic E-state index is -0.509. The van der Waals surface area contributed by atoms with Crippen molar-refractivity contribution in [2.75, 3.05) is 19.9 Å². The summed E-state index contributed by atoms with van der Waals surface area (Å²) in [5, 5.41) is 0. The highest BCUT2D eigenvalue weighted by molar-refractivity contribution is 7.98. The number of thioether (sulfide) groups is 1. The lowest BCUT2D eigenvalue weighted by atomic mass is 10.2. The average Bonchev–Trinajstić information content (AvgIpc) is 3.27. The predicted octanol–water partition coefficient (Wildman–Crippen LogP) is 4.01. The standard InChI is InChI=1S/C22H22N2O3S/c1-23(15-17-5-11-20(28-2)12-6-17)21(25)16-27-22(26)18-7-9-19(10-8-18)24-13-3-4-14-24/h3-14H,15-16H2,1-2H3. The molecule has 0 aliphatic carbocycles. The van der Waals surface area contributed by atoms with Gasteiger partial charge >= 0.3 is 5.97 Å². The van der Waals surface area contributed by atoms with Gasteiger partial charge in [-0.05, 0) is 60.4 Å². The van der Waals surface area contributed by atoms with E-state index in [1.165, 1.54) is 4.90 Å². The summed E-state index contributed by atoms with van der Waals surface area (Å²) in [7, 11) is 1.70. The number of aromatic nitrogens is 1. The van der Waals surface area contributed by atoms with Crippen molar-refractivity contribution in [2.45, 2.75) is 11.4 Å². The van der Waals surface area contributed by atoms with Gasteiger partial charge in [0.05, 0.1) is 5.56 Å². The van der Waals surface area contributed by atoms with Gasteiger partial charge in [0.1, 0.15) is 0 Å². The Morgan fingerprint density at radius 3 is 2.25 bits per heavy atom. The van der Waals surface area contributed by atoms with Crippen LogP contribution in [-0.2, 0) is 16.1 Å². The molecule has 0 saturated carbocycles. The van der Waals surface area contributed by atoms with Crippen LogP contribution in [0, 0.1) is 0 Å². The fraction of sp³-hybridized carbons (Fsp3) is 0.182. The number of esters is 1. The lowest BCUT2D eigenvalue weighted by molar-refractivity contribution is -0.133. The molecule has 1 amide bonds. The van der Waals surface area contributed by atoms with Crippen LogP contribution < -0.4 is 0 Å². The molecule has 5 nitrogen and oxygen atoms in total. The number of nitrogens with zero attached hydrogens (tertiary/aromatic N) is 2. The van der Waals surface area contributed by atoms with Gasteiger partial charge in [0.25, 0.3) is 5.91 Å². The number of hydrogen-bond acceptors (Lipinski definition) is 4. The third-order valence-corrected chi connectivity index (χ3v) is 5.08. The van der Waals surface area contributed by atoms with Gasteiger partial charge in [-0.15, -0.1) is 11.8 Å². The summed E-state index contributed by atoms with van der Waals surface area (Å²) in [4.78, 5) is 27.2. The maximum Gasteiger partial charge on any atom is 0.338 e.